The maximum Gasteiger partial charge on any atom is 0.410 e. The summed E-state index contributed by atoms with van der Waals surface area (Å²) in [6.07, 6.45) is 2.69. The van der Waals surface area contributed by atoms with Gasteiger partial charge in [-0.05, 0) is 27.2 Å². The Labute approximate surface area is 121 Å². The van der Waals surface area contributed by atoms with Crippen LogP contribution in [0, 0.1) is 0 Å². The quantitative estimate of drug-likeness (QED) is 0.729. The van der Waals surface area contributed by atoms with Crippen molar-refractivity contribution in [3.8, 4) is 0 Å². The highest BCUT2D eigenvalue weighted by atomic mass is 16.6. The molecule has 1 atom stereocenters. The van der Waals surface area contributed by atoms with Crippen LogP contribution in [0.1, 0.15) is 53.4 Å². The van der Waals surface area contributed by atoms with Gasteiger partial charge in [0.1, 0.15) is 11.7 Å². The molecule has 0 aliphatic carbocycles. The molecule has 1 aliphatic rings. The summed E-state index contributed by atoms with van der Waals surface area (Å²) in [6, 6.07) is 0. The molecule has 0 spiro atoms. The molecule has 5 heteroatoms. The van der Waals surface area contributed by atoms with Crippen LogP contribution in [0.25, 0.3) is 0 Å². The van der Waals surface area contributed by atoms with Crippen molar-refractivity contribution in [1.29, 1.82) is 0 Å². The zero-order valence-corrected chi connectivity index (χ0v) is 13.1. The first-order valence-electron chi connectivity index (χ1n) is 7.45. The Bertz CT molecular complexity index is 335. The van der Waals surface area contributed by atoms with Crippen molar-refractivity contribution < 1.29 is 19.1 Å². The Morgan fingerprint density at radius 1 is 1.30 bits per heavy atom. The van der Waals surface area contributed by atoms with E-state index in [1.54, 1.807) is 4.90 Å². The Morgan fingerprint density at radius 3 is 2.60 bits per heavy atom. The molecule has 116 valence electrons. The monoisotopic (exact) mass is 285 g/mol. The highest BCUT2D eigenvalue weighted by Crippen LogP contribution is 2.15. The van der Waals surface area contributed by atoms with E-state index in [2.05, 4.69) is 6.92 Å². The highest BCUT2D eigenvalue weighted by Gasteiger charge is 2.31. The first-order valence-corrected chi connectivity index (χ1v) is 7.45. The van der Waals surface area contributed by atoms with Crippen molar-refractivity contribution in [2.45, 2.75) is 65.1 Å². The van der Waals surface area contributed by atoms with E-state index in [1.807, 2.05) is 20.8 Å². The molecule has 0 N–H and O–H groups in total. The van der Waals surface area contributed by atoms with Gasteiger partial charge in [-0.3, -0.25) is 4.79 Å². The number of carbonyl (C=O) groups excluding carboxylic acids is 2. The van der Waals surface area contributed by atoms with Gasteiger partial charge in [0.2, 0.25) is 0 Å². The minimum atomic E-state index is -0.518. The first kappa shape index (κ1) is 17.0. The Balaban J connectivity index is 2.45. The molecule has 1 rings (SSSR count). The molecule has 5 nitrogen and oxygen atoms in total. The second-order valence-corrected chi connectivity index (χ2v) is 6.21. The van der Waals surface area contributed by atoms with Crippen LogP contribution in [-0.4, -0.2) is 48.2 Å². The smallest absolute Gasteiger partial charge is 0.410 e. The summed E-state index contributed by atoms with van der Waals surface area (Å²) in [7, 11) is 0. The third kappa shape index (κ3) is 5.90. The molecule has 0 saturated carbocycles. The minimum absolute atomic E-state index is 0.0895. The highest BCUT2D eigenvalue weighted by molar-refractivity contribution is 5.84. The lowest BCUT2D eigenvalue weighted by molar-refractivity contribution is -0.135. The summed E-state index contributed by atoms with van der Waals surface area (Å²) < 4.78 is 10.8. The number of unbranched alkanes of at least 4 members (excludes halogenated alkanes) is 2. The molecule has 1 aliphatic heterocycles. The molecule has 1 fully saturated rings. The predicted octanol–water partition coefficient (Wildman–Crippen LogP) is 2.77. The third-order valence-corrected chi connectivity index (χ3v) is 3.10. The third-order valence-electron chi connectivity index (χ3n) is 3.10. The van der Waals surface area contributed by atoms with E-state index in [4.69, 9.17) is 9.47 Å². The molecular weight excluding hydrogens is 258 g/mol. The number of carbonyl (C=O) groups is 2. The molecule has 0 bridgehead atoms. The van der Waals surface area contributed by atoms with Crippen LogP contribution in [0.4, 0.5) is 4.79 Å². The molecule has 0 aromatic rings. The van der Waals surface area contributed by atoms with Gasteiger partial charge in [0.05, 0.1) is 13.2 Å². The number of rotatable bonds is 5. The molecular formula is C15H27NO4. The Morgan fingerprint density at radius 2 is 2.00 bits per heavy atom. The fourth-order valence-corrected chi connectivity index (χ4v) is 2.05. The van der Waals surface area contributed by atoms with Crippen molar-refractivity contribution in [3.63, 3.8) is 0 Å². The van der Waals surface area contributed by atoms with Gasteiger partial charge in [0, 0.05) is 13.0 Å². The second kappa shape index (κ2) is 7.62. The first-order chi connectivity index (χ1) is 9.33. The van der Waals surface area contributed by atoms with E-state index in [1.165, 1.54) is 0 Å². The second-order valence-electron chi connectivity index (χ2n) is 6.21. The fourth-order valence-electron chi connectivity index (χ4n) is 2.05. The van der Waals surface area contributed by atoms with E-state index >= 15 is 0 Å². The van der Waals surface area contributed by atoms with Crippen molar-refractivity contribution in [1.82, 2.24) is 4.90 Å². The summed E-state index contributed by atoms with van der Waals surface area (Å²) >= 11 is 0. The summed E-state index contributed by atoms with van der Waals surface area (Å²) in [5.41, 5.74) is -0.518. The number of ether oxygens (including phenoxy) is 2. The van der Waals surface area contributed by atoms with Gasteiger partial charge in [-0.25, -0.2) is 4.79 Å². The van der Waals surface area contributed by atoms with E-state index in [0.717, 1.165) is 19.3 Å². The van der Waals surface area contributed by atoms with Gasteiger partial charge < -0.3 is 14.4 Å². The zero-order chi connectivity index (χ0) is 15.2. The zero-order valence-electron chi connectivity index (χ0n) is 13.1. The molecule has 1 heterocycles. The molecule has 0 radical (unpaired) electrons. The summed E-state index contributed by atoms with van der Waals surface area (Å²) in [6.45, 7) is 8.78. The molecule has 0 aromatic heterocycles. The number of Topliss-reactive ketones (excluding diaryl/α,β-unsaturated/α-hetero) is 1. The summed E-state index contributed by atoms with van der Waals surface area (Å²) in [5.74, 6) is 0.0895. The standard InChI is InChI=1S/C15H27NO4/c1-5-6-7-8-12(17)13-11-16(9-10-19-13)14(18)20-15(2,3)4/h13H,5-11H2,1-4H3. The summed E-state index contributed by atoms with van der Waals surface area (Å²) in [5, 5.41) is 0. The number of amides is 1. The van der Waals surface area contributed by atoms with Gasteiger partial charge >= 0.3 is 6.09 Å². The van der Waals surface area contributed by atoms with Crippen molar-refractivity contribution in [2.75, 3.05) is 19.7 Å². The number of hydrogen-bond acceptors (Lipinski definition) is 4. The lowest BCUT2D eigenvalue weighted by atomic mass is 10.1. The largest absolute Gasteiger partial charge is 0.444 e. The van der Waals surface area contributed by atoms with Gasteiger partial charge in [-0.2, -0.15) is 0 Å². The van der Waals surface area contributed by atoms with Gasteiger partial charge in [0.25, 0.3) is 0 Å². The lowest BCUT2D eigenvalue weighted by Gasteiger charge is -2.33. The predicted molar refractivity (Wildman–Crippen MR) is 76.7 cm³/mol. The average molecular weight is 285 g/mol. The van der Waals surface area contributed by atoms with E-state index in [-0.39, 0.29) is 11.9 Å². The SMILES string of the molecule is CCCCCC(=O)C1CN(C(=O)OC(C)(C)C)CCO1. The van der Waals surface area contributed by atoms with Crippen LogP contribution >= 0.6 is 0 Å². The van der Waals surface area contributed by atoms with Crippen molar-refractivity contribution >= 4 is 11.9 Å². The van der Waals surface area contributed by atoms with Crippen LogP contribution in [0.3, 0.4) is 0 Å². The van der Waals surface area contributed by atoms with E-state index in [9.17, 15) is 9.59 Å². The number of morpholine rings is 1. The fraction of sp³-hybridized carbons (Fsp3) is 0.867. The van der Waals surface area contributed by atoms with Gasteiger partial charge in [0.15, 0.2) is 5.78 Å². The molecule has 1 amide bonds. The van der Waals surface area contributed by atoms with E-state index in [0.29, 0.717) is 26.1 Å². The molecule has 1 saturated heterocycles. The van der Waals surface area contributed by atoms with Crippen LogP contribution in [0.2, 0.25) is 0 Å². The van der Waals surface area contributed by atoms with Gasteiger partial charge in [-0.15, -0.1) is 0 Å². The van der Waals surface area contributed by atoms with Gasteiger partial charge in [-0.1, -0.05) is 19.8 Å². The van der Waals surface area contributed by atoms with Crippen LogP contribution in [0.15, 0.2) is 0 Å². The molecule has 1 unspecified atom stereocenters. The minimum Gasteiger partial charge on any atom is -0.444 e. The van der Waals surface area contributed by atoms with E-state index < -0.39 is 11.7 Å². The topological polar surface area (TPSA) is 55.8 Å². The normalized spacial score (nSPS) is 19.8. The van der Waals surface area contributed by atoms with Crippen LogP contribution in [-0.2, 0) is 14.3 Å². The number of hydrogen-bond donors (Lipinski definition) is 0. The maximum absolute atomic E-state index is 12.0. The van der Waals surface area contributed by atoms with Crippen LogP contribution in [0.5, 0.6) is 0 Å². The number of nitrogens with zero attached hydrogens (tertiary/aromatic N) is 1. The summed E-state index contributed by atoms with van der Waals surface area (Å²) in [4.78, 5) is 25.6. The van der Waals surface area contributed by atoms with Crippen LogP contribution < -0.4 is 0 Å². The van der Waals surface area contributed by atoms with Crippen molar-refractivity contribution in [3.05, 3.63) is 0 Å². The van der Waals surface area contributed by atoms with Crippen molar-refractivity contribution in [2.24, 2.45) is 0 Å². The average Bonchev–Trinajstić information content (AvgIpc) is 2.37. The Kier molecular flexibility index (Phi) is 6.46. The Hall–Kier alpha value is -1.10. The molecule has 0 aromatic carbocycles. The lowest BCUT2D eigenvalue weighted by Crippen LogP contribution is -2.49. The maximum atomic E-state index is 12.0. The number of ketones is 1. The molecule has 20 heavy (non-hydrogen) atoms.